The molecule has 2 rings (SSSR count). The van der Waals surface area contributed by atoms with Gasteiger partial charge in [0.1, 0.15) is 0 Å². The lowest BCUT2D eigenvalue weighted by molar-refractivity contribution is 0.126. The van der Waals surface area contributed by atoms with Crippen LogP contribution in [-0.2, 0) is 10.2 Å². The van der Waals surface area contributed by atoms with Crippen molar-refractivity contribution in [3.05, 3.63) is 35.4 Å². The van der Waals surface area contributed by atoms with Gasteiger partial charge < -0.3 is 0 Å². The largest absolute Gasteiger partial charge is 0.276 e. The molecule has 0 aliphatic carbocycles. The quantitative estimate of drug-likeness (QED) is 0.917. The third kappa shape index (κ3) is 4.14. The van der Waals surface area contributed by atoms with Crippen molar-refractivity contribution in [3.63, 3.8) is 0 Å². The van der Waals surface area contributed by atoms with Crippen molar-refractivity contribution in [1.82, 2.24) is 4.31 Å². The smallest absolute Gasteiger partial charge is 0.216 e. The van der Waals surface area contributed by atoms with E-state index in [2.05, 4.69) is 58.9 Å². The molecule has 1 aliphatic rings. The molecule has 23 heavy (non-hydrogen) atoms. The van der Waals surface area contributed by atoms with Crippen LogP contribution in [0.2, 0.25) is 0 Å². The van der Waals surface area contributed by atoms with Crippen LogP contribution in [0.25, 0.3) is 0 Å². The summed E-state index contributed by atoms with van der Waals surface area (Å²) in [6, 6.07) is 8.43. The lowest BCUT2D eigenvalue weighted by atomic mass is 9.66. The normalized spacial score (nSPS) is 24.1. The van der Waals surface area contributed by atoms with Crippen LogP contribution in [0, 0.1) is 11.3 Å². The Balaban J connectivity index is 2.48. The zero-order valence-electron chi connectivity index (χ0n) is 14.9. The van der Waals surface area contributed by atoms with Crippen LogP contribution in [-0.4, -0.2) is 25.8 Å². The van der Waals surface area contributed by atoms with Crippen molar-refractivity contribution >= 4 is 10.2 Å². The predicted molar refractivity (Wildman–Crippen MR) is 95.5 cm³/mol. The first-order valence-electron chi connectivity index (χ1n) is 8.38. The van der Waals surface area contributed by atoms with Gasteiger partial charge in [-0.3, -0.25) is 0 Å². The third-order valence-electron chi connectivity index (χ3n) is 5.07. The number of benzene rings is 1. The van der Waals surface area contributed by atoms with Gasteiger partial charge in [0, 0.05) is 19.0 Å². The van der Waals surface area contributed by atoms with Gasteiger partial charge in [0.2, 0.25) is 0 Å². The minimum atomic E-state index is -3.64. The van der Waals surface area contributed by atoms with E-state index in [1.165, 1.54) is 15.4 Å². The van der Waals surface area contributed by atoms with Gasteiger partial charge in [-0.25, -0.2) is 5.14 Å². The van der Waals surface area contributed by atoms with E-state index in [1.807, 2.05) is 0 Å². The van der Waals surface area contributed by atoms with Crippen LogP contribution in [0.1, 0.15) is 64.0 Å². The van der Waals surface area contributed by atoms with E-state index >= 15 is 0 Å². The van der Waals surface area contributed by atoms with Crippen molar-refractivity contribution < 1.29 is 8.42 Å². The maximum absolute atomic E-state index is 11.8. The zero-order valence-corrected chi connectivity index (χ0v) is 15.7. The summed E-state index contributed by atoms with van der Waals surface area (Å²) in [4.78, 5) is 0. The van der Waals surface area contributed by atoms with Gasteiger partial charge in [0.05, 0.1) is 0 Å². The Morgan fingerprint density at radius 1 is 1.22 bits per heavy atom. The van der Waals surface area contributed by atoms with Crippen molar-refractivity contribution in [3.8, 4) is 0 Å². The Morgan fingerprint density at radius 3 is 2.35 bits per heavy atom. The molecular weight excluding hydrogens is 308 g/mol. The highest BCUT2D eigenvalue weighted by Crippen LogP contribution is 2.45. The summed E-state index contributed by atoms with van der Waals surface area (Å²) in [5, 5.41) is 5.40. The first kappa shape index (κ1) is 18.4. The Hall–Kier alpha value is -0.910. The first-order valence-corrected chi connectivity index (χ1v) is 9.89. The van der Waals surface area contributed by atoms with E-state index in [9.17, 15) is 8.42 Å². The molecule has 130 valence electrons. The van der Waals surface area contributed by atoms with E-state index in [1.54, 1.807) is 0 Å². The van der Waals surface area contributed by atoms with Gasteiger partial charge in [-0.1, -0.05) is 58.9 Å². The highest BCUT2D eigenvalue weighted by atomic mass is 32.2. The second-order valence-electron chi connectivity index (χ2n) is 8.05. The average molecular weight is 339 g/mol. The van der Waals surface area contributed by atoms with Crippen LogP contribution in [0.4, 0.5) is 0 Å². The fourth-order valence-corrected chi connectivity index (χ4v) is 4.61. The molecule has 0 spiro atoms. The van der Waals surface area contributed by atoms with Gasteiger partial charge in [-0.05, 0) is 34.8 Å². The summed E-state index contributed by atoms with van der Waals surface area (Å²) in [6.45, 7) is 12.1. The topological polar surface area (TPSA) is 63.4 Å². The van der Waals surface area contributed by atoms with Crippen molar-refractivity contribution in [2.75, 3.05) is 13.1 Å². The Morgan fingerprint density at radius 2 is 1.83 bits per heavy atom. The second-order valence-corrected chi connectivity index (χ2v) is 9.60. The molecule has 0 amide bonds. The maximum Gasteiger partial charge on any atom is 0.276 e. The molecule has 4 nitrogen and oxygen atoms in total. The maximum atomic E-state index is 11.8. The number of piperidine rings is 1. The Labute approximate surface area is 141 Å². The molecule has 2 N–H and O–H groups in total. The Bertz CT molecular complexity index is 647. The molecular formula is C18H30N2O2S. The number of hydrogen-bond donors (Lipinski definition) is 1. The minimum absolute atomic E-state index is 0.124. The molecule has 5 heteroatoms. The fraction of sp³-hybridized carbons (Fsp3) is 0.667. The Kier molecular flexibility index (Phi) is 5.24. The molecule has 0 saturated carbocycles. The monoisotopic (exact) mass is 338 g/mol. The lowest BCUT2D eigenvalue weighted by Crippen LogP contribution is -2.48. The van der Waals surface area contributed by atoms with Crippen LogP contribution in [0.15, 0.2) is 24.3 Å². The van der Waals surface area contributed by atoms with Gasteiger partial charge in [0.25, 0.3) is 10.2 Å². The van der Waals surface area contributed by atoms with Gasteiger partial charge in [-0.2, -0.15) is 12.7 Å². The summed E-state index contributed by atoms with van der Waals surface area (Å²) in [5.74, 6) is 1.03. The van der Waals surface area contributed by atoms with Crippen LogP contribution >= 0.6 is 0 Å². The highest BCUT2D eigenvalue weighted by Gasteiger charge is 2.40. The molecule has 0 aromatic heterocycles. The van der Waals surface area contributed by atoms with Gasteiger partial charge in [0.15, 0.2) is 0 Å². The summed E-state index contributed by atoms with van der Waals surface area (Å²) in [5.41, 5.74) is 2.71. The van der Waals surface area contributed by atoms with Crippen molar-refractivity contribution in [2.45, 2.75) is 52.9 Å². The van der Waals surface area contributed by atoms with Gasteiger partial charge in [-0.15, -0.1) is 0 Å². The summed E-state index contributed by atoms with van der Waals surface area (Å²) < 4.78 is 25.1. The van der Waals surface area contributed by atoms with E-state index in [-0.39, 0.29) is 11.3 Å². The standard InChI is InChI=1S/C18H30N2O2S/c1-13(2)14-8-6-7-9-15(14)16-12-20(23(19,21)22)11-10-17(16)18(3,4)5/h6-9,13,16-17H,10-12H2,1-5H3,(H2,19,21,22). The van der Waals surface area contributed by atoms with E-state index in [4.69, 9.17) is 5.14 Å². The molecule has 2 atom stereocenters. The first-order chi connectivity index (χ1) is 10.5. The number of hydrogen-bond acceptors (Lipinski definition) is 2. The predicted octanol–water partition coefficient (Wildman–Crippen LogP) is 3.47. The summed E-state index contributed by atoms with van der Waals surface area (Å²) in [7, 11) is -3.64. The minimum Gasteiger partial charge on any atom is -0.216 e. The van der Waals surface area contributed by atoms with E-state index in [0.717, 1.165) is 6.42 Å². The molecule has 1 heterocycles. The van der Waals surface area contributed by atoms with Gasteiger partial charge >= 0.3 is 0 Å². The zero-order chi connectivity index (χ0) is 17.4. The summed E-state index contributed by atoms with van der Waals surface area (Å²) in [6.07, 6.45) is 0.844. The highest BCUT2D eigenvalue weighted by molar-refractivity contribution is 7.86. The number of nitrogens with two attached hydrogens (primary N) is 1. The molecule has 1 aliphatic heterocycles. The van der Waals surface area contributed by atoms with E-state index < -0.39 is 10.2 Å². The molecule has 1 aromatic rings. The second kappa shape index (κ2) is 6.54. The summed E-state index contributed by atoms with van der Waals surface area (Å²) >= 11 is 0. The van der Waals surface area contributed by atoms with Crippen LogP contribution < -0.4 is 5.14 Å². The van der Waals surface area contributed by atoms with Crippen LogP contribution in [0.5, 0.6) is 0 Å². The molecule has 1 fully saturated rings. The molecule has 0 bridgehead atoms. The SMILES string of the molecule is CC(C)c1ccccc1C1CN(S(N)(=O)=O)CCC1C(C)(C)C. The molecule has 0 radical (unpaired) electrons. The lowest BCUT2D eigenvalue weighted by Gasteiger charge is -2.44. The fourth-order valence-electron chi connectivity index (χ4n) is 3.88. The molecule has 1 aromatic carbocycles. The van der Waals surface area contributed by atoms with Crippen molar-refractivity contribution in [1.29, 1.82) is 0 Å². The number of rotatable bonds is 3. The van der Waals surface area contributed by atoms with Crippen molar-refractivity contribution in [2.24, 2.45) is 16.5 Å². The third-order valence-corrected chi connectivity index (χ3v) is 6.12. The van der Waals surface area contributed by atoms with Crippen LogP contribution in [0.3, 0.4) is 0 Å². The average Bonchev–Trinajstić information content (AvgIpc) is 2.44. The van der Waals surface area contributed by atoms with E-state index in [0.29, 0.717) is 24.9 Å². The molecule has 1 saturated heterocycles. The molecule has 2 unspecified atom stereocenters. The number of nitrogens with zero attached hydrogens (tertiary/aromatic N) is 1.